The average molecular weight is 271 g/mol. The molecule has 4 heteroatoms. The van der Waals surface area contributed by atoms with E-state index in [4.69, 9.17) is 4.74 Å². The van der Waals surface area contributed by atoms with Crippen LogP contribution in [0.2, 0.25) is 0 Å². The fraction of sp³-hybridized carbons (Fsp3) is 0.375. The van der Waals surface area contributed by atoms with Gasteiger partial charge in [-0.15, -0.1) is 0 Å². The standard InChI is InChI=1S/C16H21N3O/c1-16(2,3)19-10-14-6-7-15(11-18-14)20-12-13-5-4-8-17-9-13/h4-9,11,19H,10,12H2,1-3H3. The Morgan fingerprint density at radius 1 is 1.15 bits per heavy atom. The van der Waals surface area contributed by atoms with Crippen LogP contribution >= 0.6 is 0 Å². The lowest BCUT2D eigenvalue weighted by molar-refractivity contribution is 0.304. The zero-order chi connectivity index (χ0) is 14.4. The molecule has 0 saturated heterocycles. The van der Waals surface area contributed by atoms with Crippen molar-refractivity contribution in [2.45, 2.75) is 39.5 Å². The summed E-state index contributed by atoms with van der Waals surface area (Å²) in [6.07, 6.45) is 5.31. The second kappa shape index (κ2) is 6.48. The summed E-state index contributed by atoms with van der Waals surface area (Å²) in [5.74, 6) is 0.772. The van der Waals surface area contributed by atoms with Crippen molar-refractivity contribution in [2.24, 2.45) is 0 Å². The maximum Gasteiger partial charge on any atom is 0.138 e. The van der Waals surface area contributed by atoms with E-state index in [1.165, 1.54) is 0 Å². The zero-order valence-electron chi connectivity index (χ0n) is 12.3. The SMILES string of the molecule is CC(C)(C)NCc1ccc(OCc2cccnc2)cn1. The van der Waals surface area contributed by atoms with E-state index in [1.54, 1.807) is 18.6 Å². The lowest BCUT2D eigenvalue weighted by atomic mass is 10.1. The van der Waals surface area contributed by atoms with Crippen molar-refractivity contribution in [3.63, 3.8) is 0 Å². The summed E-state index contributed by atoms with van der Waals surface area (Å²) in [5.41, 5.74) is 2.15. The number of ether oxygens (including phenoxy) is 1. The Balaban J connectivity index is 1.85. The largest absolute Gasteiger partial charge is 0.487 e. The van der Waals surface area contributed by atoms with Crippen LogP contribution in [0.1, 0.15) is 32.0 Å². The molecule has 0 unspecified atom stereocenters. The minimum atomic E-state index is 0.0944. The molecule has 0 fully saturated rings. The molecular weight excluding hydrogens is 250 g/mol. The molecule has 2 aromatic rings. The van der Waals surface area contributed by atoms with Gasteiger partial charge in [0.25, 0.3) is 0 Å². The number of hydrogen-bond acceptors (Lipinski definition) is 4. The van der Waals surface area contributed by atoms with Crippen LogP contribution in [0, 0.1) is 0 Å². The Kier molecular flexibility index (Phi) is 4.69. The summed E-state index contributed by atoms with van der Waals surface area (Å²) in [7, 11) is 0. The topological polar surface area (TPSA) is 47.0 Å². The second-order valence-electron chi connectivity index (χ2n) is 5.74. The van der Waals surface area contributed by atoms with Crippen molar-refractivity contribution < 1.29 is 4.74 Å². The van der Waals surface area contributed by atoms with E-state index in [2.05, 4.69) is 36.1 Å². The van der Waals surface area contributed by atoms with Crippen LogP contribution in [0.4, 0.5) is 0 Å². The fourth-order valence-electron chi connectivity index (χ4n) is 1.61. The number of aromatic nitrogens is 2. The molecule has 20 heavy (non-hydrogen) atoms. The molecular formula is C16H21N3O. The molecule has 0 aliphatic carbocycles. The first-order valence-electron chi connectivity index (χ1n) is 6.75. The summed E-state index contributed by atoms with van der Waals surface area (Å²) in [6, 6.07) is 7.82. The van der Waals surface area contributed by atoms with Crippen molar-refractivity contribution >= 4 is 0 Å². The Bertz CT molecular complexity index is 518. The highest BCUT2D eigenvalue weighted by molar-refractivity contribution is 5.20. The summed E-state index contributed by atoms with van der Waals surface area (Å²) in [5, 5.41) is 3.40. The van der Waals surface area contributed by atoms with Crippen LogP contribution in [0.3, 0.4) is 0 Å². The van der Waals surface area contributed by atoms with Crippen molar-refractivity contribution in [1.82, 2.24) is 15.3 Å². The lowest BCUT2D eigenvalue weighted by Gasteiger charge is -2.20. The van der Waals surface area contributed by atoms with Crippen LogP contribution < -0.4 is 10.1 Å². The van der Waals surface area contributed by atoms with E-state index in [9.17, 15) is 0 Å². The first kappa shape index (κ1) is 14.5. The van der Waals surface area contributed by atoms with E-state index in [0.29, 0.717) is 6.61 Å². The van der Waals surface area contributed by atoms with E-state index >= 15 is 0 Å². The predicted octanol–water partition coefficient (Wildman–Crippen LogP) is 2.94. The van der Waals surface area contributed by atoms with E-state index in [-0.39, 0.29) is 5.54 Å². The smallest absolute Gasteiger partial charge is 0.138 e. The Morgan fingerprint density at radius 3 is 2.60 bits per heavy atom. The molecule has 0 aliphatic heterocycles. The van der Waals surface area contributed by atoms with Crippen LogP contribution in [-0.4, -0.2) is 15.5 Å². The van der Waals surface area contributed by atoms with Crippen molar-refractivity contribution in [2.75, 3.05) is 0 Å². The van der Waals surface area contributed by atoms with Gasteiger partial charge < -0.3 is 10.1 Å². The van der Waals surface area contributed by atoms with E-state index in [0.717, 1.165) is 23.6 Å². The highest BCUT2D eigenvalue weighted by atomic mass is 16.5. The highest BCUT2D eigenvalue weighted by Gasteiger charge is 2.08. The minimum Gasteiger partial charge on any atom is -0.487 e. The predicted molar refractivity (Wildman–Crippen MR) is 79.4 cm³/mol. The molecule has 0 amide bonds. The summed E-state index contributed by atoms with van der Waals surface area (Å²) < 4.78 is 5.67. The van der Waals surface area contributed by atoms with Crippen molar-refractivity contribution in [3.05, 3.63) is 54.1 Å². The van der Waals surface area contributed by atoms with Gasteiger partial charge in [-0.05, 0) is 39.0 Å². The number of nitrogens with zero attached hydrogens (tertiary/aromatic N) is 2. The summed E-state index contributed by atoms with van der Waals surface area (Å²) >= 11 is 0. The second-order valence-corrected chi connectivity index (χ2v) is 5.74. The maximum atomic E-state index is 5.67. The van der Waals surface area contributed by atoms with Crippen LogP contribution in [0.5, 0.6) is 5.75 Å². The molecule has 2 aromatic heterocycles. The van der Waals surface area contributed by atoms with Crippen LogP contribution in [-0.2, 0) is 13.2 Å². The monoisotopic (exact) mass is 271 g/mol. The molecule has 106 valence electrons. The molecule has 1 N–H and O–H groups in total. The Labute approximate surface area is 120 Å². The van der Waals surface area contributed by atoms with Crippen LogP contribution in [0.15, 0.2) is 42.9 Å². The number of rotatable bonds is 5. The van der Waals surface area contributed by atoms with Gasteiger partial charge in [-0.25, -0.2) is 0 Å². The van der Waals surface area contributed by atoms with Gasteiger partial charge in [0, 0.05) is 30.0 Å². The molecule has 0 saturated carbocycles. The molecule has 0 aliphatic rings. The normalized spacial score (nSPS) is 11.3. The molecule has 0 spiro atoms. The van der Waals surface area contributed by atoms with Gasteiger partial charge in [0.05, 0.1) is 11.9 Å². The first-order chi connectivity index (χ1) is 9.53. The number of pyridine rings is 2. The van der Waals surface area contributed by atoms with Gasteiger partial charge in [0.1, 0.15) is 12.4 Å². The molecule has 0 bridgehead atoms. The van der Waals surface area contributed by atoms with Gasteiger partial charge in [-0.1, -0.05) is 6.07 Å². The quantitative estimate of drug-likeness (QED) is 0.908. The van der Waals surface area contributed by atoms with Gasteiger partial charge in [0.2, 0.25) is 0 Å². The number of hydrogen-bond donors (Lipinski definition) is 1. The third-order valence-electron chi connectivity index (χ3n) is 2.73. The average Bonchev–Trinajstić information content (AvgIpc) is 2.44. The van der Waals surface area contributed by atoms with Gasteiger partial charge in [0.15, 0.2) is 0 Å². The van der Waals surface area contributed by atoms with Gasteiger partial charge in [-0.2, -0.15) is 0 Å². The first-order valence-corrected chi connectivity index (χ1v) is 6.75. The Hall–Kier alpha value is -1.94. The Morgan fingerprint density at radius 2 is 2.00 bits per heavy atom. The number of nitrogens with one attached hydrogen (secondary N) is 1. The maximum absolute atomic E-state index is 5.67. The van der Waals surface area contributed by atoms with E-state index in [1.807, 2.05) is 24.3 Å². The minimum absolute atomic E-state index is 0.0944. The van der Waals surface area contributed by atoms with Gasteiger partial charge >= 0.3 is 0 Å². The molecule has 0 radical (unpaired) electrons. The van der Waals surface area contributed by atoms with Crippen LogP contribution in [0.25, 0.3) is 0 Å². The van der Waals surface area contributed by atoms with Crippen molar-refractivity contribution in [1.29, 1.82) is 0 Å². The molecule has 2 heterocycles. The fourth-order valence-corrected chi connectivity index (χ4v) is 1.61. The molecule has 0 aromatic carbocycles. The molecule has 4 nitrogen and oxygen atoms in total. The third-order valence-corrected chi connectivity index (χ3v) is 2.73. The lowest BCUT2D eigenvalue weighted by Crippen LogP contribution is -2.35. The van der Waals surface area contributed by atoms with E-state index < -0.39 is 0 Å². The molecule has 2 rings (SSSR count). The summed E-state index contributed by atoms with van der Waals surface area (Å²) in [4.78, 5) is 8.45. The summed E-state index contributed by atoms with van der Waals surface area (Å²) in [6.45, 7) is 7.68. The highest BCUT2D eigenvalue weighted by Crippen LogP contribution is 2.12. The third kappa shape index (κ3) is 4.97. The molecule has 0 atom stereocenters. The van der Waals surface area contributed by atoms with Crippen molar-refractivity contribution in [3.8, 4) is 5.75 Å². The van der Waals surface area contributed by atoms with Gasteiger partial charge in [-0.3, -0.25) is 9.97 Å². The zero-order valence-corrected chi connectivity index (χ0v) is 12.3.